The Morgan fingerprint density at radius 2 is 2.00 bits per heavy atom. The summed E-state index contributed by atoms with van der Waals surface area (Å²) in [6, 6.07) is 1.78. The van der Waals surface area contributed by atoms with E-state index in [1.807, 2.05) is 0 Å². The first-order valence-corrected chi connectivity index (χ1v) is 5.58. The molecule has 0 saturated heterocycles. The van der Waals surface area contributed by atoms with E-state index in [0.717, 1.165) is 0 Å². The molecule has 0 unspecified atom stereocenters. The van der Waals surface area contributed by atoms with E-state index in [1.165, 1.54) is 6.07 Å². The van der Waals surface area contributed by atoms with Crippen molar-refractivity contribution in [3.8, 4) is 11.8 Å². The Hall–Kier alpha value is -2.06. The monoisotopic (exact) mass is 282 g/mol. The van der Waals surface area contributed by atoms with Crippen molar-refractivity contribution in [1.29, 1.82) is 5.26 Å². The lowest BCUT2D eigenvalue weighted by atomic mass is 10.3. The highest BCUT2D eigenvalue weighted by Crippen LogP contribution is 2.31. The molecule has 1 aromatic rings. The Kier molecular flexibility index (Phi) is 3.36. The van der Waals surface area contributed by atoms with Gasteiger partial charge >= 0.3 is 6.36 Å². The van der Waals surface area contributed by atoms with E-state index < -0.39 is 38.5 Å². The number of pyridine rings is 1. The highest BCUT2D eigenvalue weighted by atomic mass is 32.2. The van der Waals surface area contributed by atoms with Gasteiger partial charge in [-0.1, -0.05) is 0 Å². The third kappa shape index (κ3) is 3.22. The third-order valence-electron chi connectivity index (χ3n) is 1.57. The molecule has 0 bridgehead atoms. The molecule has 1 rings (SSSR count). The molecule has 0 aromatic carbocycles. The molecule has 0 spiro atoms. The first kappa shape index (κ1) is 14.0. The van der Waals surface area contributed by atoms with Gasteiger partial charge in [0.15, 0.2) is 16.3 Å². The largest absolute Gasteiger partial charge is 0.573 e. The van der Waals surface area contributed by atoms with Crippen molar-refractivity contribution in [2.24, 2.45) is 5.14 Å². The summed E-state index contributed by atoms with van der Waals surface area (Å²) in [6.45, 7) is 0. The Labute approximate surface area is 98.8 Å². The minimum absolute atomic E-state index is 0.508. The summed E-state index contributed by atoms with van der Waals surface area (Å²) >= 11 is 0. The van der Waals surface area contributed by atoms with E-state index in [9.17, 15) is 21.6 Å². The molecule has 0 aliphatic rings. The second-order valence-corrected chi connectivity index (χ2v) is 4.43. The molecule has 98 valence electrons. The molecule has 0 atom stereocenters. The molecular formula is C7H5F3N4O3S. The number of halogens is 3. The molecule has 0 saturated carbocycles. The summed E-state index contributed by atoms with van der Waals surface area (Å²) in [5.41, 5.74) is 4.24. The van der Waals surface area contributed by atoms with Crippen molar-refractivity contribution in [3.63, 3.8) is 0 Å². The summed E-state index contributed by atoms with van der Waals surface area (Å²) in [5, 5.41) is 13.3. The number of nitrogens with zero attached hydrogens (tertiary/aromatic N) is 2. The number of nitrogen functional groups attached to an aromatic ring is 1. The molecule has 0 fully saturated rings. The maximum absolute atomic E-state index is 12.1. The van der Waals surface area contributed by atoms with Gasteiger partial charge in [0.05, 0.1) is 0 Å². The lowest BCUT2D eigenvalue weighted by Crippen LogP contribution is -2.22. The van der Waals surface area contributed by atoms with E-state index in [0.29, 0.717) is 6.07 Å². The molecule has 7 nitrogen and oxygen atoms in total. The van der Waals surface area contributed by atoms with E-state index in [-0.39, 0.29) is 0 Å². The zero-order chi connectivity index (χ0) is 14.1. The average molecular weight is 282 g/mol. The Bertz CT molecular complexity index is 620. The standard InChI is InChI=1S/C7H5F3N4O3S/c8-7(9,10)17-4-1-5(12)14-3(2-11)6(4)18(13,15)16/h1H,(H2,12,14)(H2,13,15,16). The van der Waals surface area contributed by atoms with Crippen LogP contribution in [-0.4, -0.2) is 19.8 Å². The molecule has 1 heterocycles. The fourth-order valence-electron chi connectivity index (χ4n) is 1.08. The predicted molar refractivity (Wildman–Crippen MR) is 51.4 cm³/mol. The van der Waals surface area contributed by atoms with Crippen LogP contribution in [0.3, 0.4) is 0 Å². The Balaban J connectivity index is 3.60. The topological polar surface area (TPSA) is 132 Å². The first-order chi connectivity index (χ1) is 8.04. The minimum atomic E-state index is -5.17. The number of alkyl halides is 3. The Morgan fingerprint density at radius 1 is 1.44 bits per heavy atom. The summed E-state index contributed by atoms with van der Waals surface area (Å²) in [5.74, 6) is -1.72. The van der Waals surface area contributed by atoms with Crippen molar-refractivity contribution >= 4 is 15.8 Å². The number of nitrogens with two attached hydrogens (primary N) is 2. The van der Waals surface area contributed by atoms with Crippen molar-refractivity contribution in [2.75, 3.05) is 5.73 Å². The summed E-state index contributed by atoms with van der Waals surface area (Å²) in [6.07, 6.45) is -5.17. The molecule has 0 aliphatic carbocycles. The first-order valence-electron chi connectivity index (χ1n) is 4.04. The van der Waals surface area contributed by atoms with Gasteiger partial charge in [0.2, 0.25) is 10.0 Å². The van der Waals surface area contributed by atoms with Crippen molar-refractivity contribution < 1.29 is 26.3 Å². The predicted octanol–water partition coefficient (Wildman–Crippen LogP) is 0.0815. The highest BCUT2D eigenvalue weighted by Gasteiger charge is 2.35. The quantitative estimate of drug-likeness (QED) is 0.789. The Morgan fingerprint density at radius 3 is 2.39 bits per heavy atom. The van der Waals surface area contributed by atoms with Gasteiger partial charge in [-0.15, -0.1) is 13.2 Å². The van der Waals surface area contributed by atoms with Crippen LogP contribution in [-0.2, 0) is 10.0 Å². The van der Waals surface area contributed by atoms with Gasteiger partial charge in [-0.3, -0.25) is 0 Å². The van der Waals surface area contributed by atoms with Crippen LogP contribution in [0.15, 0.2) is 11.0 Å². The maximum Gasteiger partial charge on any atom is 0.573 e. The normalized spacial score (nSPS) is 11.9. The fourth-order valence-corrected chi connectivity index (χ4v) is 1.82. The number of rotatable bonds is 2. The number of sulfonamides is 1. The molecule has 4 N–H and O–H groups in total. The van der Waals surface area contributed by atoms with Gasteiger partial charge in [0.25, 0.3) is 0 Å². The number of primary sulfonamides is 1. The molecule has 0 amide bonds. The van der Waals surface area contributed by atoms with E-state index >= 15 is 0 Å². The zero-order valence-electron chi connectivity index (χ0n) is 8.39. The SMILES string of the molecule is N#Cc1nc(N)cc(OC(F)(F)F)c1S(N)(=O)=O. The fraction of sp³-hybridized carbons (Fsp3) is 0.143. The number of aromatic nitrogens is 1. The van der Waals surface area contributed by atoms with Crippen LogP contribution in [0, 0.1) is 11.3 Å². The minimum Gasteiger partial charge on any atom is -0.404 e. The lowest BCUT2D eigenvalue weighted by Gasteiger charge is -2.13. The second-order valence-electron chi connectivity index (χ2n) is 2.93. The number of nitriles is 1. The molecule has 1 aromatic heterocycles. The lowest BCUT2D eigenvalue weighted by molar-refractivity contribution is -0.275. The van der Waals surface area contributed by atoms with Crippen LogP contribution in [0.5, 0.6) is 5.75 Å². The van der Waals surface area contributed by atoms with Crippen LogP contribution in [0.4, 0.5) is 19.0 Å². The van der Waals surface area contributed by atoms with Crippen LogP contribution in [0.1, 0.15) is 5.69 Å². The third-order valence-corrected chi connectivity index (χ3v) is 2.54. The van der Waals surface area contributed by atoms with Gasteiger partial charge in [-0.05, 0) is 0 Å². The second kappa shape index (κ2) is 4.31. The van der Waals surface area contributed by atoms with Crippen LogP contribution < -0.4 is 15.6 Å². The number of ether oxygens (including phenoxy) is 1. The summed E-state index contributed by atoms with van der Waals surface area (Å²) < 4.78 is 61.9. The van der Waals surface area contributed by atoms with Crippen LogP contribution >= 0.6 is 0 Å². The van der Waals surface area contributed by atoms with Gasteiger partial charge in [0.1, 0.15) is 11.9 Å². The van der Waals surface area contributed by atoms with Crippen molar-refractivity contribution in [2.45, 2.75) is 11.3 Å². The smallest absolute Gasteiger partial charge is 0.404 e. The van der Waals surface area contributed by atoms with Crippen molar-refractivity contribution in [1.82, 2.24) is 4.98 Å². The maximum atomic E-state index is 12.1. The molecule has 11 heteroatoms. The molecule has 0 radical (unpaired) electrons. The van der Waals surface area contributed by atoms with E-state index in [2.05, 4.69) is 9.72 Å². The zero-order valence-corrected chi connectivity index (χ0v) is 9.21. The summed E-state index contributed by atoms with van der Waals surface area (Å²) in [4.78, 5) is 2.09. The molecule has 0 aliphatic heterocycles. The summed E-state index contributed by atoms with van der Waals surface area (Å²) in [7, 11) is -4.63. The van der Waals surface area contributed by atoms with Crippen LogP contribution in [0.2, 0.25) is 0 Å². The number of hydrogen-bond acceptors (Lipinski definition) is 6. The highest BCUT2D eigenvalue weighted by molar-refractivity contribution is 7.89. The van der Waals surface area contributed by atoms with E-state index in [1.54, 1.807) is 0 Å². The van der Waals surface area contributed by atoms with Crippen molar-refractivity contribution in [3.05, 3.63) is 11.8 Å². The number of hydrogen-bond donors (Lipinski definition) is 2. The van der Waals surface area contributed by atoms with Gasteiger partial charge in [-0.25, -0.2) is 18.5 Å². The van der Waals surface area contributed by atoms with E-state index in [4.69, 9.17) is 16.1 Å². The average Bonchev–Trinajstić information content (AvgIpc) is 2.11. The molecular weight excluding hydrogens is 277 g/mol. The van der Waals surface area contributed by atoms with Gasteiger partial charge in [0, 0.05) is 6.07 Å². The van der Waals surface area contributed by atoms with Crippen LogP contribution in [0.25, 0.3) is 0 Å². The molecule has 18 heavy (non-hydrogen) atoms. The van der Waals surface area contributed by atoms with Gasteiger partial charge in [-0.2, -0.15) is 5.26 Å². The number of anilines is 1. The van der Waals surface area contributed by atoms with Gasteiger partial charge < -0.3 is 10.5 Å².